The van der Waals surface area contributed by atoms with Crippen LogP contribution in [0.1, 0.15) is 38.8 Å². The summed E-state index contributed by atoms with van der Waals surface area (Å²) in [4.78, 5) is 14.4. The number of methoxy groups -OCH3 is 1. The van der Waals surface area contributed by atoms with Crippen molar-refractivity contribution in [2.24, 2.45) is 0 Å². The van der Waals surface area contributed by atoms with E-state index in [1.54, 1.807) is 19.3 Å². The van der Waals surface area contributed by atoms with E-state index in [1.807, 2.05) is 75.1 Å². The summed E-state index contributed by atoms with van der Waals surface area (Å²) in [5, 5.41) is 0. The van der Waals surface area contributed by atoms with Crippen molar-refractivity contribution in [1.82, 2.24) is 4.90 Å². The van der Waals surface area contributed by atoms with Crippen LogP contribution in [0.25, 0.3) is 6.08 Å². The van der Waals surface area contributed by atoms with Gasteiger partial charge in [-0.15, -0.1) is 0 Å². The Bertz CT molecular complexity index is 808. The van der Waals surface area contributed by atoms with Gasteiger partial charge in [0.1, 0.15) is 6.61 Å². The van der Waals surface area contributed by atoms with E-state index in [-0.39, 0.29) is 18.0 Å². The van der Waals surface area contributed by atoms with Crippen molar-refractivity contribution in [3.63, 3.8) is 0 Å². The van der Waals surface area contributed by atoms with Gasteiger partial charge in [-0.1, -0.05) is 30.3 Å². The number of amides is 1. The molecule has 5 heteroatoms. The first-order chi connectivity index (χ1) is 13.3. The van der Waals surface area contributed by atoms with Crippen LogP contribution in [0.4, 0.5) is 0 Å². The molecule has 0 unspecified atom stereocenters. The number of rotatable bonds is 8. The monoisotopic (exact) mass is 445 g/mol. The molecule has 0 aromatic heterocycles. The molecule has 0 radical (unpaired) electrons. The SMILES string of the molecule is COc1cc(C=CC(=O)N(C(C)C)C(C)C)cc(Br)c1OCc1ccccc1. The van der Waals surface area contributed by atoms with Crippen LogP contribution in [0.2, 0.25) is 0 Å². The Morgan fingerprint density at radius 3 is 2.32 bits per heavy atom. The molecule has 28 heavy (non-hydrogen) atoms. The maximum Gasteiger partial charge on any atom is 0.247 e. The molecule has 2 aromatic carbocycles. The topological polar surface area (TPSA) is 38.8 Å². The summed E-state index contributed by atoms with van der Waals surface area (Å²) in [7, 11) is 1.61. The highest BCUT2D eigenvalue weighted by atomic mass is 79.9. The highest BCUT2D eigenvalue weighted by Crippen LogP contribution is 2.37. The average Bonchev–Trinajstić information content (AvgIpc) is 2.65. The molecule has 0 N–H and O–H groups in total. The molecule has 2 aromatic rings. The second-order valence-electron chi connectivity index (χ2n) is 7.07. The molecule has 2 rings (SSSR count). The molecule has 0 aliphatic rings. The van der Waals surface area contributed by atoms with Crippen LogP contribution in [0.15, 0.2) is 53.0 Å². The zero-order valence-corrected chi connectivity index (χ0v) is 18.7. The van der Waals surface area contributed by atoms with Gasteiger partial charge in [-0.25, -0.2) is 0 Å². The molecule has 150 valence electrons. The maximum atomic E-state index is 12.5. The number of nitrogens with zero attached hydrogens (tertiary/aromatic N) is 1. The molecule has 1 amide bonds. The number of halogens is 1. The summed E-state index contributed by atoms with van der Waals surface area (Å²) in [5.41, 5.74) is 1.94. The average molecular weight is 446 g/mol. The third-order valence-electron chi connectivity index (χ3n) is 4.26. The fraction of sp³-hybridized carbons (Fsp3) is 0.348. The fourth-order valence-corrected chi connectivity index (χ4v) is 3.64. The Morgan fingerprint density at radius 2 is 1.75 bits per heavy atom. The number of benzene rings is 2. The highest BCUT2D eigenvalue weighted by Gasteiger charge is 2.18. The highest BCUT2D eigenvalue weighted by molar-refractivity contribution is 9.10. The Hall–Kier alpha value is -2.27. The first-order valence-electron chi connectivity index (χ1n) is 9.38. The number of ether oxygens (including phenoxy) is 2. The molecule has 0 bridgehead atoms. The first-order valence-corrected chi connectivity index (χ1v) is 10.2. The maximum absolute atomic E-state index is 12.5. The lowest BCUT2D eigenvalue weighted by molar-refractivity contribution is -0.129. The third-order valence-corrected chi connectivity index (χ3v) is 4.85. The lowest BCUT2D eigenvalue weighted by atomic mass is 10.1. The summed E-state index contributed by atoms with van der Waals surface area (Å²) in [6, 6.07) is 14.0. The van der Waals surface area contributed by atoms with Crippen LogP contribution in [-0.2, 0) is 11.4 Å². The van der Waals surface area contributed by atoms with Gasteiger partial charge >= 0.3 is 0 Å². The molecule has 4 nitrogen and oxygen atoms in total. The molecule has 0 fully saturated rings. The van der Waals surface area contributed by atoms with Crippen molar-refractivity contribution >= 4 is 27.9 Å². The van der Waals surface area contributed by atoms with Gasteiger partial charge in [0.05, 0.1) is 11.6 Å². The van der Waals surface area contributed by atoms with E-state index in [4.69, 9.17) is 9.47 Å². The Morgan fingerprint density at radius 1 is 1.11 bits per heavy atom. The van der Waals surface area contributed by atoms with Gasteiger partial charge in [0.2, 0.25) is 5.91 Å². The van der Waals surface area contributed by atoms with E-state index < -0.39 is 0 Å². The van der Waals surface area contributed by atoms with Crippen LogP contribution in [0.3, 0.4) is 0 Å². The van der Waals surface area contributed by atoms with Crippen LogP contribution in [-0.4, -0.2) is 30.0 Å². The Kier molecular flexibility index (Phi) is 8.12. The molecule has 0 spiro atoms. The minimum atomic E-state index is -0.00973. The summed E-state index contributed by atoms with van der Waals surface area (Å²) < 4.78 is 12.2. The molecule has 0 saturated carbocycles. The molecule has 0 heterocycles. The molecular weight excluding hydrogens is 418 g/mol. The predicted octanol–water partition coefficient (Wildman–Crippen LogP) is 5.70. The van der Waals surface area contributed by atoms with Crippen molar-refractivity contribution in [1.29, 1.82) is 0 Å². The third kappa shape index (κ3) is 5.86. The summed E-state index contributed by atoms with van der Waals surface area (Å²) in [5.74, 6) is 1.24. The van der Waals surface area contributed by atoms with Crippen molar-refractivity contribution in [3.8, 4) is 11.5 Å². The molecule has 0 aliphatic carbocycles. The lowest BCUT2D eigenvalue weighted by Gasteiger charge is -2.29. The normalized spacial score (nSPS) is 11.3. The largest absolute Gasteiger partial charge is 0.493 e. The lowest BCUT2D eigenvalue weighted by Crippen LogP contribution is -2.41. The van der Waals surface area contributed by atoms with Crippen molar-refractivity contribution in [2.75, 3.05) is 7.11 Å². The van der Waals surface area contributed by atoms with E-state index in [0.29, 0.717) is 18.1 Å². The standard InChI is InChI=1S/C23H28BrNO3/c1-16(2)25(17(3)4)22(26)12-11-19-13-20(24)23(21(14-19)27-5)28-15-18-9-7-6-8-10-18/h6-14,16-17H,15H2,1-5H3. The van der Waals surface area contributed by atoms with E-state index in [0.717, 1.165) is 15.6 Å². The quantitative estimate of drug-likeness (QED) is 0.489. The van der Waals surface area contributed by atoms with Crippen LogP contribution >= 0.6 is 15.9 Å². The van der Waals surface area contributed by atoms with Gasteiger partial charge < -0.3 is 14.4 Å². The molecule has 0 saturated heterocycles. The van der Waals surface area contributed by atoms with Gasteiger partial charge in [-0.3, -0.25) is 4.79 Å². The second kappa shape index (κ2) is 10.3. The zero-order chi connectivity index (χ0) is 20.7. The van der Waals surface area contributed by atoms with Crippen LogP contribution < -0.4 is 9.47 Å². The second-order valence-corrected chi connectivity index (χ2v) is 7.93. The van der Waals surface area contributed by atoms with Gasteiger partial charge in [-0.05, 0) is 73.0 Å². The summed E-state index contributed by atoms with van der Waals surface area (Å²) in [6.07, 6.45) is 3.40. The zero-order valence-electron chi connectivity index (χ0n) is 17.1. The van der Waals surface area contributed by atoms with Crippen molar-refractivity contribution in [3.05, 3.63) is 64.1 Å². The minimum absolute atomic E-state index is 0.00973. The number of hydrogen-bond acceptors (Lipinski definition) is 3. The van der Waals surface area contributed by atoms with Crippen molar-refractivity contribution < 1.29 is 14.3 Å². The van der Waals surface area contributed by atoms with E-state index in [2.05, 4.69) is 15.9 Å². The molecule has 0 atom stereocenters. The van der Waals surface area contributed by atoms with E-state index >= 15 is 0 Å². The van der Waals surface area contributed by atoms with Gasteiger partial charge in [0.15, 0.2) is 11.5 Å². The van der Waals surface area contributed by atoms with Crippen LogP contribution in [0, 0.1) is 0 Å². The smallest absolute Gasteiger partial charge is 0.247 e. The van der Waals surface area contributed by atoms with E-state index in [1.165, 1.54) is 0 Å². The van der Waals surface area contributed by atoms with Gasteiger partial charge in [0, 0.05) is 18.2 Å². The number of carbonyl (C=O) groups excluding carboxylic acids is 1. The fourth-order valence-electron chi connectivity index (χ4n) is 3.06. The predicted molar refractivity (Wildman–Crippen MR) is 118 cm³/mol. The number of hydrogen-bond donors (Lipinski definition) is 0. The Labute approximate surface area is 176 Å². The summed E-state index contributed by atoms with van der Waals surface area (Å²) >= 11 is 3.56. The van der Waals surface area contributed by atoms with Gasteiger partial charge in [0.25, 0.3) is 0 Å². The molecular formula is C23H28BrNO3. The van der Waals surface area contributed by atoms with Crippen LogP contribution in [0.5, 0.6) is 11.5 Å². The molecule has 0 aliphatic heterocycles. The van der Waals surface area contributed by atoms with Gasteiger partial charge in [-0.2, -0.15) is 0 Å². The summed E-state index contributed by atoms with van der Waals surface area (Å²) in [6.45, 7) is 8.52. The first kappa shape index (κ1) is 22.0. The van der Waals surface area contributed by atoms with E-state index in [9.17, 15) is 4.79 Å². The minimum Gasteiger partial charge on any atom is -0.493 e. The van der Waals surface area contributed by atoms with Crippen molar-refractivity contribution in [2.45, 2.75) is 46.4 Å². The Balaban J connectivity index is 2.19. The number of carbonyl (C=O) groups is 1.